The molecule has 2 aromatic heterocycles. The number of aryl methyl sites for hydroxylation is 2. The van der Waals surface area contributed by atoms with Crippen molar-refractivity contribution in [2.24, 2.45) is 0 Å². The van der Waals surface area contributed by atoms with Gasteiger partial charge >= 0.3 is 0 Å². The Bertz CT molecular complexity index is 1110. The fourth-order valence-electron chi connectivity index (χ4n) is 3.19. The number of benzene rings is 2. The van der Waals surface area contributed by atoms with Crippen molar-refractivity contribution in [1.29, 1.82) is 0 Å². The lowest BCUT2D eigenvalue weighted by atomic mass is 10.1. The van der Waals surface area contributed by atoms with Crippen molar-refractivity contribution in [3.63, 3.8) is 0 Å². The summed E-state index contributed by atoms with van der Waals surface area (Å²) in [6.07, 6.45) is 2.63. The quantitative estimate of drug-likeness (QED) is 0.429. The van der Waals surface area contributed by atoms with Crippen LogP contribution in [0.4, 0.5) is 0 Å². The highest BCUT2D eigenvalue weighted by Crippen LogP contribution is 2.24. The third-order valence-electron chi connectivity index (χ3n) is 5.04. The molecule has 0 spiro atoms. The first-order chi connectivity index (χ1) is 14.6. The van der Waals surface area contributed by atoms with E-state index in [1.54, 1.807) is 6.20 Å². The molecule has 2 heterocycles. The molecule has 0 saturated heterocycles. The van der Waals surface area contributed by atoms with E-state index < -0.39 is 0 Å². The Hall–Kier alpha value is -3.12. The molecular weight excluding hydrogens is 392 g/mol. The van der Waals surface area contributed by atoms with Gasteiger partial charge in [-0.2, -0.15) is 0 Å². The summed E-state index contributed by atoms with van der Waals surface area (Å²) in [5.74, 6) is 1.17. The SMILES string of the molecule is Cc1cc2nc(-c3ccc(SCC(=O)NCCc4ccccc4)nc3)[nH]c2cc1C. The molecule has 0 bridgehead atoms. The normalized spacial score (nSPS) is 11.0. The van der Waals surface area contributed by atoms with Crippen molar-refractivity contribution in [3.05, 3.63) is 77.5 Å². The van der Waals surface area contributed by atoms with Crippen LogP contribution in [-0.4, -0.2) is 33.2 Å². The molecule has 0 aliphatic carbocycles. The lowest BCUT2D eigenvalue weighted by Crippen LogP contribution is -2.27. The second kappa shape index (κ2) is 9.13. The Morgan fingerprint density at radius 2 is 1.87 bits per heavy atom. The number of aromatic amines is 1. The summed E-state index contributed by atoms with van der Waals surface area (Å²) in [4.78, 5) is 24.6. The van der Waals surface area contributed by atoms with Crippen LogP contribution in [0.25, 0.3) is 22.4 Å². The van der Waals surface area contributed by atoms with Crippen LogP contribution < -0.4 is 5.32 Å². The van der Waals surface area contributed by atoms with E-state index in [9.17, 15) is 4.79 Å². The highest BCUT2D eigenvalue weighted by molar-refractivity contribution is 7.99. The lowest BCUT2D eigenvalue weighted by Gasteiger charge is -2.05. The molecule has 5 nitrogen and oxygen atoms in total. The van der Waals surface area contributed by atoms with Crippen molar-refractivity contribution in [3.8, 4) is 11.4 Å². The minimum absolute atomic E-state index is 0.0184. The van der Waals surface area contributed by atoms with E-state index >= 15 is 0 Å². The van der Waals surface area contributed by atoms with E-state index in [0.29, 0.717) is 12.3 Å². The van der Waals surface area contributed by atoms with Gasteiger partial charge in [-0.25, -0.2) is 9.97 Å². The van der Waals surface area contributed by atoms with Crippen molar-refractivity contribution in [1.82, 2.24) is 20.3 Å². The van der Waals surface area contributed by atoms with E-state index in [-0.39, 0.29) is 5.91 Å². The van der Waals surface area contributed by atoms with Crippen LogP contribution in [0.15, 0.2) is 65.8 Å². The van der Waals surface area contributed by atoms with Crippen LogP contribution in [0.5, 0.6) is 0 Å². The minimum atomic E-state index is 0.0184. The van der Waals surface area contributed by atoms with Crippen molar-refractivity contribution in [2.75, 3.05) is 12.3 Å². The molecule has 6 heteroatoms. The van der Waals surface area contributed by atoms with E-state index in [1.807, 2.05) is 30.3 Å². The molecule has 0 fully saturated rings. The molecule has 4 aromatic rings. The molecule has 4 rings (SSSR count). The molecule has 0 atom stereocenters. The number of nitrogens with zero attached hydrogens (tertiary/aromatic N) is 2. The largest absolute Gasteiger partial charge is 0.355 e. The maximum absolute atomic E-state index is 12.1. The molecule has 0 aliphatic rings. The number of nitrogens with one attached hydrogen (secondary N) is 2. The van der Waals surface area contributed by atoms with Gasteiger partial charge in [0.05, 0.1) is 21.8 Å². The van der Waals surface area contributed by atoms with Crippen LogP contribution in [0.1, 0.15) is 16.7 Å². The third kappa shape index (κ3) is 4.89. The summed E-state index contributed by atoms with van der Waals surface area (Å²) in [5, 5.41) is 3.78. The van der Waals surface area contributed by atoms with E-state index in [2.05, 4.69) is 58.4 Å². The number of hydrogen-bond acceptors (Lipinski definition) is 4. The average molecular weight is 417 g/mol. The number of aromatic nitrogens is 3. The predicted octanol–water partition coefficient (Wildman–Crippen LogP) is 4.69. The third-order valence-corrected chi connectivity index (χ3v) is 5.98. The summed E-state index contributed by atoms with van der Waals surface area (Å²) in [6.45, 7) is 4.83. The molecule has 152 valence electrons. The van der Waals surface area contributed by atoms with Gasteiger partial charge in [0.15, 0.2) is 0 Å². The number of H-pyrrole nitrogens is 1. The Labute approximate surface area is 180 Å². The fraction of sp³-hybridized carbons (Fsp3) is 0.208. The van der Waals surface area contributed by atoms with Crippen LogP contribution in [-0.2, 0) is 11.2 Å². The monoisotopic (exact) mass is 416 g/mol. The number of carbonyl (C=O) groups excluding carboxylic acids is 1. The zero-order chi connectivity index (χ0) is 20.9. The summed E-state index contributed by atoms with van der Waals surface area (Å²) in [7, 11) is 0. The van der Waals surface area contributed by atoms with Gasteiger partial charge in [-0.1, -0.05) is 42.1 Å². The van der Waals surface area contributed by atoms with Gasteiger partial charge in [-0.15, -0.1) is 0 Å². The predicted molar refractivity (Wildman–Crippen MR) is 123 cm³/mol. The summed E-state index contributed by atoms with van der Waals surface area (Å²) in [6, 6.07) is 18.3. The van der Waals surface area contributed by atoms with Crippen LogP contribution in [0, 0.1) is 13.8 Å². The van der Waals surface area contributed by atoms with Gasteiger partial charge in [0, 0.05) is 18.3 Å². The molecule has 0 unspecified atom stereocenters. The van der Waals surface area contributed by atoms with Gasteiger partial charge in [-0.05, 0) is 61.2 Å². The maximum Gasteiger partial charge on any atom is 0.230 e. The molecule has 2 aromatic carbocycles. The second-order valence-corrected chi connectivity index (χ2v) is 8.29. The van der Waals surface area contributed by atoms with E-state index in [4.69, 9.17) is 0 Å². The lowest BCUT2D eigenvalue weighted by molar-refractivity contribution is -0.118. The number of hydrogen-bond donors (Lipinski definition) is 2. The van der Waals surface area contributed by atoms with E-state index in [0.717, 1.165) is 33.9 Å². The number of fused-ring (bicyclic) bond motifs is 1. The highest BCUT2D eigenvalue weighted by atomic mass is 32.2. The van der Waals surface area contributed by atoms with Crippen molar-refractivity contribution >= 4 is 28.7 Å². The minimum Gasteiger partial charge on any atom is -0.355 e. The summed E-state index contributed by atoms with van der Waals surface area (Å²) < 4.78 is 0. The fourth-order valence-corrected chi connectivity index (χ4v) is 3.87. The Morgan fingerprint density at radius 1 is 1.07 bits per heavy atom. The Morgan fingerprint density at radius 3 is 2.63 bits per heavy atom. The van der Waals surface area contributed by atoms with Gasteiger partial charge in [0.25, 0.3) is 0 Å². The van der Waals surface area contributed by atoms with Crippen molar-refractivity contribution < 1.29 is 4.79 Å². The van der Waals surface area contributed by atoms with Crippen LogP contribution >= 0.6 is 11.8 Å². The standard InChI is InChI=1S/C24H24N4OS/c1-16-12-20-21(13-17(16)2)28-24(27-20)19-8-9-23(26-14-19)30-15-22(29)25-11-10-18-6-4-3-5-7-18/h3-9,12-14H,10-11,15H2,1-2H3,(H,25,29)(H,27,28). The number of carbonyl (C=O) groups is 1. The van der Waals surface area contributed by atoms with Crippen LogP contribution in [0.3, 0.4) is 0 Å². The highest BCUT2D eigenvalue weighted by Gasteiger charge is 2.09. The summed E-state index contributed by atoms with van der Waals surface area (Å²) in [5.41, 5.74) is 6.60. The zero-order valence-corrected chi connectivity index (χ0v) is 17.9. The molecule has 30 heavy (non-hydrogen) atoms. The van der Waals surface area contributed by atoms with Crippen molar-refractivity contribution in [2.45, 2.75) is 25.3 Å². The van der Waals surface area contributed by atoms with Crippen LogP contribution in [0.2, 0.25) is 0 Å². The van der Waals surface area contributed by atoms with Gasteiger partial charge in [0.2, 0.25) is 5.91 Å². The molecule has 0 aliphatic heterocycles. The number of thioether (sulfide) groups is 1. The molecule has 0 saturated carbocycles. The molecule has 2 N–H and O–H groups in total. The number of pyridine rings is 1. The first-order valence-corrected chi connectivity index (χ1v) is 10.9. The molecule has 1 amide bonds. The molecule has 0 radical (unpaired) electrons. The van der Waals surface area contributed by atoms with Gasteiger partial charge < -0.3 is 10.3 Å². The number of rotatable bonds is 7. The smallest absolute Gasteiger partial charge is 0.230 e. The first kappa shape index (κ1) is 20.2. The van der Waals surface area contributed by atoms with E-state index in [1.165, 1.54) is 28.5 Å². The maximum atomic E-state index is 12.1. The topological polar surface area (TPSA) is 70.7 Å². The average Bonchev–Trinajstić information content (AvgIpc) is 3.16. The summed E-state index contributed by atoms with van der Waals surface area (Å²) >= 11 is 1.43. The second-order valence-electron chi connectivity index (χ2n) is 7.30. The molecular formula is C24H24N4OS. The zero-order valence-electron chi connectivity index (χ0n) is 17.1. The Balaban J connectivity index is 1.31. The first-order valence-electron chi connectivity index (χ1n) is 9.95. The van der Waals surface area contributed by atoms with Gasteiger partial charge in [-0.3, -0.25) is 4.79 Å². The Kier molecular flexibility index (Phi) is 6.14. The van der Waals surface area contributed by atoms with Gasteiger partial charge in [0.1, 0.15) is 5.82 Å². The number of imidazole rings is 1. The number of amides is 1.